The summed E-state index contributed by atoms with van der Waals surface area (Å²) in [6, 6.07) is 17.7. The van der Waals surface area contributed by atoms with Crippen LogP contribution in [-0.2, 0) is 0 Å². The molecule has 3 aromatic rings. The molecule has 6 nitrogen and oxygen atoms in total. The van der Waals surface area contributed by atoms with Gasteiger partial charge in [0.2, 0.25) is 0 Å². The van der Waals surface area contributed by atoms with Gasteiger partial charge >= 0.3 is 0 Å². The second-order valence-electron chi connectivity index (χ2n) is 5.71. The highest BCUT2D eigenvalue weighted by atomic mass is 16.5. The molecule has 1 heterocycles. The molecule has 0 aliphatic heterocycles. The van der Waals surface area contributed by atoms with E-state index in [1.165, 1.54) is 6.33 Å². The van der Waals surface area contributed by atoms with Gasteiger partial charge in [-0.05, 0) is 36.4 Å². The van der Waals surface area contributed by atoms with Crippen LogP contribution in [0, 0.1) is 0 Å². The zero-order chi connectivity index (χ0) is 17.6. The van der Waals surface area contributed by atoms with Crippen molar-refractivity contribution in [1.29, 1.82) is 0 Å². The Bertz CT molecular complexity index is 833. The van der Waals surface area contributed by atoms with Crippen LogP contribution in [0.2, 0.25) is 0 Å². The van der Waals surface area contributed by atoms with E-state index in [-0.39, 0.29) is 0 Å². The molecule has 0 amide bonds. The van der Waals surface area contributed by atoms with E-state index in [1.54, 1.807) is 7.11 Å². The third-order valence-electron chi connectivity index (χ3n) is 3.67. The van der Waals surface area contributed by atoms with Crippen LogP contribution >= 0.6 is 0 Å². The Morgan fingerprint density at radius 2 is 1.52 bits per heavy atom. The van der Waals surface area contributed by atoms with E-state index in [0.29, 0.717) is 5.82 Å². The molecule has 6 heteroatoms. The predicted octanol–water partition coefficient (Wildman–Crippen LogP) is 4.04. The summed E-state index contributed by atoms with van der Waals surface area (Å²) < 4.78 is 5.23. The Balaban J connectivity index is 1.72. The minimum absolute atomic E-state index is 0.704. The first kappa shape index (κ1) is 16.6. The average molecular weight is 335 g/mol. The second-order valence-corrected chi connectivity index (χ2v) is 5.71. The van der Waals surface area contributed by atoms with Crippen molar-refractivity contribution in [1.82, 2.24) is 9.97 Å². The average Bonchev–Trinajstić information content (AvgIpc) is 2.62. The normalized spacial score (nSPS) is 10.2. The zero-order valence-electron chi connectivity index (χ0n) is 14.5. The molecule has 0 spiro atoms. The van der Waals surface area contributed by atoms with Crippen molar-refractivity contribution < 1.29 is 4.74 Å². The van der Waals surface area contributed by atoms with Gasteiger partial charge in [-0.3, -0.25) is 0 Å². The number of nitrogens with one attached hydrogen (secondary N) is 2. The van der Waals surface area contributed by atoms with Crippen molar-refractivity contribution in [2.24, 2.45) is 0 Å². The molecule has 0 fully saturated rings. The summed E-state index contributed by atoms with van der Waals surface area (Å²) in [5.74, 6) is 2.21. The summed E-state index contributed by atoms with van der Waals surface area (Å²) in [7, 11) is 5.68. The van der Waals surface area contributed by atoms with Crippen LogP contribution in [0.3, 0.4) is 0 Å². The maximum absolute atomic E-state index is 5.23. The van der Waals surface area contributed by atoms with Crippen LogP contribution in [0.25, 0.3) is 0 Å². The minimum Gasteiger partial charge on any atom is -0.497 e. The summed E-state index contributed by atoms with van der Waals surface area (Å²) in [4.78, 5) is 10.6. The summed E-state index contributed by atoms with van der Waals surface area (Å²) in [6.07, 6.45) is 1.53. The molecular formula is C19H21N5O. The Labute approximate surface area is 147 Å². The van der Waals surface area contributed by atoms with E-state index in [2.05, 4.69) is 37.6 Å². The largest absolute Gasteiger partial charge is 0.497 e. The number of benzene rings is 2. The molecule has 0 aliphatic rings. The molecule has 0 bridgehead atoms. The number of anilines is 5. The molecule has 1 aromatic heterocycles. The maximum Gasteiger partial charge on any atom is 0.135 e. The summed E-state index contributed by atoms with van der Waals surface area (Å²) >= 11 is 0. The fourth-order valence-corrected chi connectivity index (χ4v) is 2.33. The summed E-state index contributed by atoms with van der Waals surface area (Å²) in [6.45, 7) is 0. The SMILES string of the molecule is COc1cccc(Nc2cc(Nc3ccc(N(C)C)cc3)ncn2)c1. The van der Waals surface area contributed by atoms with Gasteiger partial charge in [0.25, 0.3) is 0 Å². The molecule has 2 aromatic carbocycles. The summed E-state index contributed by atoms with van der Waals surface area (Å²) in [5, 5.41) is 6.54. The lowest BCUT2D eigenvalue weighted by Gasteiger charge is -2.13. The van der Waals surface area contributed by atoms with Gasteiger partial charge in [0.1, 0.15) is 23.7 Å². The third kappa shape index (κ3) is 4.38. The number of aromatic nitrogens is 2. The van der Waals surface area contributed by atoms with Crippen molar-refractivity contribution in [2.75, 3.05) is 36.7 Å². The van der Waals surface area contributed by atoms with Gasteiger partial charge in [0.05, 0.1) is 7.11 Å². The molecular weight excluding hydrogens is 314 g/mol. The van der Waals surface area contributed by atoms with Crippen molar-refractivity contribution in [2.45, 2.75) is 0 Å². The van der Waals surface area contributed by atoms with Crippen LogP contribution in [0.5, 0.6) is 5.75 Å². The molecule has 0 radical (unpaired) electrons. The molecule has 0 atom stereocenters. The molecule has 0 saturated carbocycles. The molecule has 25 heavy (non-hydrogen) atoms. The maximum atomic E-state index is 5.23. The van der Waals surface area contributed by atoms with Gasteiger partial charge in [-0.2, -0.15) is 0 Å². The minimum atomic E-state index is 0.704. The van der Waals surface area contributed by atoms with Crippen molar-refractivity contribution in [3.05, 3.63) is 60.9 Å². The van der Waals surface area contributed by atoms with Crippen LogP contribution in [0.15, 0.2) is 60.9 Å². The second kappa shape index (κ2) is 7.53. The Hall–Kier alpha value is -3.28. The van der Waals surface area contributed by atoms with Crippen molar-refractivity contribution >= 4 is 28.7 Å². The summed E-state index contributed by atoms with van der Waals surface area (Å²) in [5.41, 5.74) is 3.02. The number of methoxy groups -OCH3 is 1. The Morgan fingerprint density at radius 1 is 0.840 bits per heavy atom. The fourth-order valence-electron chi connectivity index (χ4n) is 2.33. The topological polar surface area (TPSA) is 62.3 Å². The highest BCUT2D eigenvalue weighted by molar-refractivity contribution is 5.65. The predicted molar refractivity (Wildman–Crippen MR) is 102 cm³/mol. The lowest BCUT2D eigenvalue weighted by molar-refractivity contribution is 0.415. The van der Waals surface area contributed by atoms with Gasteiger partial charge in [-0.1, -0.05) is 6.07 Å². The zero-order valence-corrected chi connectivity index (χ0v) is 14.5. The molecule has 3 rings (SSSR count). The number of rotatable bonds is 6. The standard InChI is InChI=1S/C19H21N5O/c1-24(2)16-9-7-14(8-10-16)22-18-12-19(21-13-20-18)23-15-5-4-6-17(11-15)25-3/h4-13H,1-3H3,(H2,20,21,22,23). The number of hydrogen-bond donors (Lipinski definition) is 2. The molecule has 128 valence electrons. The van der Waals surface area contributed by atoms with Crippen molar-refractivity contribution in [3.8, 4) is 5.75 Å². The number of nitrogens with zero attached hydrogens (tertiary/aromatic N) is 3. The molecule has 0 unspecified atom stereocenters. The highest BCUT2D eigenvalue weighted by Gasteiger charge is 2.02. The lowest BCUT2D eigenvalue weighted by Crippen LogP contribution is -2.08. The Morgan fingerprint density at radius 3 is 2.16 bits per heavy atom. The van der Waals surface area contributed by atoms with Gasteiger partial charge in [0.15, 0.2) is 0 Å². The molecule has 2 N–H and O–H groups in total. The first-order valence-corrected chi connectivity index (χ1v) is 7.91. The van der Waals surface area contributed by atoms with Gasteiger partial charge in [0, 0.05) is 43.3 Å². The van der Waals surface area contributed by atoms with E-state index in [0.717, 1.165) is 28.6 Å². The van der Waals surface area contributed by atoms with Gasteiger partial charge < -0.3 is 20.3 Å². The lowest BCUT2D eigenvalue weighted by atomic mass is 10.2. The van der Waals surface area contributed by atoms with Gasteiger partial charge in [-0.15, -0.1) is 0 Å². The highest BCUT2D eigenvalue weighted by Crippen LogP contribution is 2.23. The first-order valence-electron chi connectivity index (χ1n) is 7.91. The molecule has 0 aliphatic carbocycles. The van der Waals surface area contributed by atoms with Crippen LogP contribution < -0.4 is 20.3 Å². The molecule has 0 saturated heterocycles. The van der Waals surface area contributed by atoms with E-state index >= 15 is 0 Å². The van der Waals surface area contributed by atoms with Crippen LogP contribution in [-0.4, -0.2) is 31.2 Å². The van der Waals surface area contributed by atoms with E-state index in [1.807, 2.05) is 56.6 Å². The smallest absolute Gasteiger partial charge is 0.135 e. The van der Waals surface area contributed by atoms with Gasteiger partial charge in [-0.25, -0.2) is 9.97 Å². The quantitative estimate of drug-likeness (QED) is 0.709. The van der Waals surface area contributed by atoms with E-state index < -0.39 is 0 Å². The van der Waals surface area contributed by atoms with E-state index in [4.69, 9.17) is 4.74 Å². The Kier molecular flexibility index (Phi) is 4.99. The third-order valence-corrected chi connectivity index (χ3v) is 3.67. The monoisotopic (exact) mass is 335 g/mol. The first-order chi connectivity index (χ1) is 12.1. The van der Waals surface area contributed by atoms with Crippen LogP contribution in [0.4, 0.5) is 28.7 Å². The van der Waals surface area contributed by atoms with Crippen LogP contribution in [0.1, 0.15) is 0 Å². The van der Waals surface area contributed by atoms with E-state index in [9.17, 15) is 0 Å². The van der Waals surface area contributed by atoms with Crippen molar-refractivity contribution in [3.63, 3.8) is 0 Å². The number of hydrogen-bond acceptors (Lipinski definition) is 6. The number of ether oxygens (including phenoxy) is 1. The fraction of sp³-hybridized carbons (Fsp3) is 0.158.